The van der Waals surface area contributed by atoms with Crippen molar-refractivity contribution < 1.29 is 90.5 Å². The molecule has 1 aliphatic heterocycles. The average molecular weight is 724 g/mol. The number of carbonyl (C=O) groups is 2. The minimum absolute atomic E-state index is 0.0526. The zero-order valence-corrected chi connectivity index (χ0v) is 24.1. The predicted octanol–water partition coefficient (Wildman–Crippen LogP) is 8.20. The highest BCUT2D eigenvalue weighted by Crippen LogP contribution is 2.60. The highest BCUT2D eigenvalue weighted by atomic mass is 19.4. The van der Waals surface area contributed by atoms with Gasteiger partial charge in [-0.3, -0.25) is 10.1 Å². The minimum atomic E-state index is -8.05. The smallest absolute Gasteiger partial charge is 0.437 e. The van der Waals surface area contributed by atoms with Crippen LogP contribution < -0.4 is 5.32 Å². The van der Waals surface area contributed by atoms with Gasteiger partial charge in [0.1, 0.15) is 17.4 Å². The Labute approximate surface area is 259 Å². The number of ether oxygens (including phenoxy) is 4. The third-order valence-electron chi connectivity index (χ3n) is 6.46. The maximum atomic E-state index is 14.0. The monoisotopic (exact) mass is 724 g/mol. The van der Waals surface area contributed by atoms with Crippen molar-refractivity contribution in [3.63, 3.8) is 0 Å². The number of benzene rings is 1. The summed E-state index contributed by atoms with van der Waals surface area (Å²) in [6.45, 7) is 1.17. The van der Waals surface area contributed by atoms with Crippen molar-refractivity contribution in [1.29, 1.82) is 0 Å². The quantitative estimate of drug-likeness (QED) is 0.0747. The summed E-state index contributed by atoms with van der Waals surface area (Å²) in [4.78, 5) is 34.7. The van der Waals surface area contributed by atoms with Crippen molar-refractivity contribution in [3.05, 3.63) is 62.9 Å². The fourth-order valence-corrected chi connectivity index (χ4v) is 4.01. The Hall–Kier alpha value is -4.47. The number of hydrogen-bond acceptors (Lipinski definition) is 9. The first-order valence-electron chi connectivity index (χ1n) is 12.7. The lowest BCUT2D eigenvalue weighted by atomic mass is 9.90. The van der Waals surface area contributed by atoms with Crippen LogP contribution in [0, 0.1) is 10.1 Å². The number of alkyl halides is 13. The van der Waals surface area contributed by atoms with Crippen molar-refractivity contribution in [2.75, 3.05) is 13.7 Å². The van der Waals surface area contributed by atoms with Crippen LogP contribution in [0.2, 0.25) is 0 Å². The first-order valence-corrected chi connectivity index (χ1v) is 12.7. The molecule has 48 heavy (non-hydrogen) atoms. The van der Waals surface area contributed by atoms with Crippen LogP contribution in [0.3, 0.4) is 0 Å². The molecule has 0 bridgehead atoms. The van der Waals surface area contributed by atoms with Gasteiger partial charge in [0.25, 0.3) is 5.69 Å². The second-order valence-electron chi connectivity index (χ2n) is 9.75. The Morgan fingerprint density at radius 3 is 1.79 bits per heavy atom. The first kappa shape index (κ1) is 39.7. The van der Waals surface area contributed by atoms with Crippen molar-refractivity contribution in [2.45, 2.75) is 68.4 Å². The molecular formula is C25H21F13N2O8. The summed E-state index contributed by atoms with van der Waals surface area (Å²) in [6.07, 6.45) is -14.9. The van der Waals surface area contributed by atoms with Gasteiger partial charge in [-0.25, -0.2) is 9.59 Å². The van der Waals surface area contributed by atoms with Gasteiger partial charge < -0.3 is 24.3 Å². The fourth-order valence-electron chi connectivity index (χ4n) is 4.01. The number of nitro benzene ring substituents is 1. The van der Waals surface area contributed by atoms with E-state index in [1.54, 1.807) is 0 Å². The molecule has 1 aliphatic rings. The molecule has 0 saturated carbocycles. The molecule has 0 aliphatic carbocycles. The molecule has 1 aromatic rings. The normalized spacial score (nSPS) is 16.7. The molecule has 1 aromatic carbocycles. The molecule has 1 heterocycles. The maximum Gasteiger partial charge on any atom is 0.513 e. The summed E-state index contributed by atoms with van der Waals surface area (Å²) in [5.41, 5.74) is -0.525. The van der Waals surface area contributed by atoms with E-state index in [4.69, 9.17) is 9.47 Å². The molecule has 0 spiro atoms. The van der Waals surface area contributed by atoms with Crippen LogP contribution in [0.25, 0.3) is 0 Å². The molecule has 10 nitrogen and oxygen atoms in total. The lowest BCUT2D eigenvalue weighted by Gasteiger charge is -2.39. The SMILES string of the molecule is COC(=O)OC1=C(C)NC(C)=C(OC(=O)OCCCC(F)(F)C(F)(F)C(F)(F)C(F)(F)C(F)(F)C(F)(F)F)C1c1cccc([N+](=O)[O-])c1. The number of carbonyl (C=O) groups excluding carboxylic acids is 2. The topological polar surface area (TPSA) is 126 Å². The Morgan fingerprint density at radius 1 is 0.812 bits per heavy atom. The van der Waals surface area contributed by atoms with Gasteiger partial charge in [-0.2, -0.15) is 57.1 Å². The van der Waals surface area contributed by atoms with Crippen LogP contribution in [-0.2, 0) is 18.9 Å². The lowest BCUT2D eigenvalue weighted by Crippen LogP contribution is -2.70. The van der Waals surface area contributed by atoms with Crippen LogP contribution in [0.4, 0.5) is 72.4 Å². The van der Waals surface area contributed by atoms with E-state index in [1.807, 2.05) is 0 Å². The minimum Gasteiger partial charge on any atom is -0.437 e. The van der Waals surface area contributed by atoms with Crippen molar-refractivity contribution in [2.24, 2.45) is 0 Å². The molecule has 2 rings (SSSR count). The van der Waals surface area contributed by atoms with Crippen molar-refractivity contribution >= 4 is 18.0 Å². The number of nitrogens with one attached hydrogen (secondary N) is 1. The number of rotatable bonds is 12. The predicted molar refractivity (Wildman–Crippen MR) is 130 cm³/mol. The largest absolute Gasteiger partial charge is 0.513 e. The van der Waals surface area contributed by atoms with Gasteiger partial charge in [-0.15, -0.1) is 0 Å². The van der Waals surface area contributed by atoms with Gasteiger partial charge >= 0.3 is 48.1 Å². The number of hydrogen-bond donors (Lipinski definition) is 1. The number of halogens is 13. The van der Waals surface area contributed by atoms with Crippen molar-refractivity contribution in [3.8, 4) is 0 Å². The van der Waals surface area contributed by atoms with E-state index in [9.17, 15) is 76.8 Å². The highest BCUT2D eigenvalue weighted by molar-refractivity contribution is 5.65. The van der Waals surface area contributed by atoms with Gasteiger partial charge in [0.05, 0.1) is 30.0 Å². The van der Waals surface area contributed by atoms with Crippen LogP contribution >= 0.6 is 0 Å². The molecule has 0 fully saturated rings. The number of methoxy groups -OCH3 is 1. The fraction of sp³-hybridized carbons (Fsp3) is 0.520. The number of non-ortho nitro benzene ring substituents is 1. The number of dihydropyridines is 1. The van der Waals surface area contributed by atoms with Gasteiger partial charge in [-0.05, 0) is 25.8 Å². The van der Waals surface area contributed by atoms with E-state index in [1.165, 1.54) is 26.0 Å². The summed E-state index contributed by atoms with van der Waals surface area (Å²) >= 11 is 0. The van der Waals surface area contributed by atoms with E-state index in [0.29, 0.717) is 0 Å². The summed E-state index contributed by atoms with van der Waals surface area (Å²) < 4.78 is 192. The summed E-state index contributed by atoms with van der Waals surface area (Å²) in [7, 11) is 0.913. The first-order chi connectivity index (χ1) is 21.7. The molecule has 0 aromatic heterocycles. The van der Waals surface area contributed by atoms with E-state index < -0.39 is 89.8 Å². The molecule has 23 heteroatoms. The van der Waals surface area contributed by atoms with Gasteiger partial charge in [0, 0.05) is 18.6 Å². The van der Waals surface area contributed by atoms with E-state index in [-0.39, 0.29) is 22.7 Å². The third kappa shape index (κ3) is 7.32. The summed E-state index contributed by atoms with van der Waals surface area (Å²) in [5, 5.41) is 13.9. The second-order valence-corrected chi connectivity index (χ2v) is 9.75. The van der Waals surface area contributed by atoms with Crippen LogP contribution in [0.1, 0.15) is 38.2 Å². The molecule has 0 saturated heterocycles. The number of nitrogens with zero attached hydrogens (tertiary/aromatic N) is 1. The van der Waals surface area contributed by atoms with E-state index in [0.717, 1.165) is 19.2 Å². The average Bonchev–Trinajstić information content (AvgIpc) is 2.96. The molecule has 1 unspecified atom stereocenters. The Kier molecular flexibility index (Phi) is 11.2. The second kappa shape index (κ2) is 13.6. The zero-order chi connectivity index (χ0) is 37.3. The molecule has 270 valence electrons. The number of nitro groups is 1. The van der Waals surface area contributed by atoms with Crippen LogP contribution in [0.5, 0.6) is 0 Å². The molecule has 1 atom stereocenters. The standard InChI is InChI=1S/C25H21F13N2O8/c1-11-16(47-18(41)45-3)15(13-6-4-7-14(10-13)40(43)44)17(12(2)39-11)48-19(42)46-9-5-8-20(26,27)21(28,29)22(30,31)23(32,33)24(34,35)25(36,37)38/h4,6-7,10,15,39H,5,8-9H2,1-3H3. The Bertz CT molecular complexity index is 1480. The van der Waals surface area contributed by atoms with E-state index in [2.05, 4.69) is 14.8 Å². The van der Waals surface area contributed by atoms with Crippen molar-refractivity contribution in [1.82, 2.24) is 5.32 Å². The van der Waals surface area contributed by atoms with Crippen LogP contribution in [-0.4, -0.2) is 66.7 Å². The lowest BCUT2D eigenvalue weighted by molar-refractivity contribution is -0.440. The Balaban J connectivity index is 2.26. The van der Waals surface area contributed by atoms with Gasteiger partial charge in [-0.1, -0.05) is 12.1 Å². The van der Waals surface area contributed by atoms with Gasteiger partial charge in [0.2, 0.25) is 0 Å². The van der Waals surface area contributed by atoms with Crippen LogP contribution in [0.15, 0.2) is 47.2 Å². The molecule has 0 radical (unpaired) electrons. The third-order valence-corrected chi connectivity index (χ3v) is 6.46. The molecule has 0 amide bonds. The molecule has 1 N–H and O–H groups in total. The van der Waals surface area contributed by atoms with E-state index >= 15 is 0 Å². The summed E-state index contributed by atoms with van der Waals surface area (Å²) in [5.74, 6) is -40.1. The van der Waals surface area contributed by atoms with Gasteiger partial charge in [0.15, 0.2) is 0 Å². The highest BCUT2D eigenvalue weighted by Gasteiger charge is 2.90. The summed E-state index contributed by atoms with van der Waals surface area (Å²) in [6, 6.07) is 4.47. The molecular weight excluding hydrogens is 703 g/mol. The number of allylic oxidation sites excluding steroid dienone is 2. The maximum absolute atomic E-state index is 14.0. The zero-order valence-electron chi connectivity index (χ0n) is 24.1. The Morgan fingerprint density at radius 2 is 1.31 bits per heavy atom.